The van der Waals surface area contributed by atoms with E-state index in [0.717, 1.165) is 11.0 Å². The number of alkyl halides is 3. The summed E-state index contributed by atoms with van der Waals surface area (Å²) in [7, 11) is 0. The highest BCUT2D eigenvalue weighted by molar-refractivity contribution is 6.08. The molecule has 1 atom stereocenters. The molecule has 1 unspecified atom stereocenters. The summed E-state index contributed by atoms with van der Waals surface area (Å²) in [6.45, 7) is 0.0815. The van der Waals surface area contributed by atoms with Gasteiger partial charge in [-0.15, -0.1) is 0 Å². The summed E-state index contributed by atoms with van der Waals surface area (Å²) in [6, 6.07) is 11.0. The van der Waals surface area contributed by atoms with Gasteiger partial charge >= 0.3 is 6.18 Å². The molecule has 0 spiro atoms. The standard InChI is InChI=1S/C19H15F3N4O2/c20-19(21,22)12-6-2-4-8-15(12)26-10-9-14(18(26)28)23-17(27)16-11-5-1-3-7-13(11)24-25-16/h1-8,14H,9-10H2,(H,23,27)(H,24,25). The zero-order valence-electron chi connectivity index (χ0n) is 14.5. The topological polar surface area (TPSA) is 78.1 Å². The molecule has 2 amide bonds. The molecule has 2 heterocycles. The first-order chi connectivity index (χ1) is 13.4. The summed E-state index contributed by atoms with van der Waals surface area (Å²) in [5.41, 5.74) is -0.278. The smallest absolute Gasteiger partial charge is 0.339 e. The Morgan fingerprint density at radius 1 is 1.14 bits per heavy atom. The van der Waals surface area contributed by atoms with Crippen molar-refractivity contribution in [3.05, 3.63) is 59.8 Å². The van der Waals surface area contributed by atoms with Gasteiger partial charge in [0.1, 0.15) is 6.04 Å². The molecule has 1 fully saturated rings. The van der Waals surface area contributed by atoms with Gasteiger partial charge < -0.3 is 10.2 Å². The van der Waals surface area contributed by atoms with E-state index in [1.807, 2.05) is 0 Å². The molecular formula is C19H15F3N4O2. The number of H-pyrrole nitrogens is 1. The largest absolute Gasteiger partial charge is 0.418 e. The van der Waals surface area contributed by atoms with Crippen LogP contribution < -0.4 is 10.2 Å². The monoisotopic (exact) mass is 388 g/mol. The van der Waals surface area contributed by atoms with Crippen molar-refractivity contribution in [2.75, 3.05) is 11.4 Å². The van der Waals surface area contributed by atoms with Crippen molar-refractivity contribution in [1.82, 2.24) is 15.5 Å². The highest BCUT2D eigenvalue weighted by Gasteiger charge is 2.40. The van der Waals surface area contributed by atoms with Gasteiger partial charge in [-0.1, -0.05) is 30.3 Å². The lowest BCUT2D eigenvalue weighted by Crippen LogP contribution is -2.42. The number of rotatable bonds is 3. The molecule has 1 aromatic heterocycles. The Labute approximate surface area is 157 Å². The van der Waals surface area contributed by atoms with Crippen LogP contribution in [0.25, 0.3) is 10.9 Å². The summed E-state index contributed by atoms with van der Waals surface area (Å²) in [6.07, 6.45) is -4.37. The summed E-state index contributed by atoms with van der Waals surface area (Å²) in [4.78, 5) is 26.3. The number of aromatic nitrogens is 2. The van der Waals surface area contributed by atoms with E-state index >= 15 is 0 Å². The van der Waals surface area contributed by atoms with E-state index in [0.29, 0.717) is 10.9 Å². The zero-order chi connectivity index (χ0) is 19.9. The van der Waals surface area contributed by atoms with Gasteiger partial charge in [0.25, 0.3) is 5.91 Å². The second-order valence-electron chi connectivity index (χ2n) is 6.44. The maximum Gasteiger partial charge on any atom is 0.418 e. The normalized spacial score (nSPS) is 17.3. The molecule has 3 aromatic rings. The fourth-order valence-electron chi connectivity index (χ4n) is 3.36. The van der Waals surface area contributed by atoms with Crippen molar-refractivity contribution in [2.24, 2.45) is 0 Å². The van der Waals surface area contributed by atoms with Gasteiger partial charge in [-0.2, -0.15) is 18.3 Å². The third-order valence-corrected chi connectivity index (χ3v) is 4.70. The average Bonchev–Trinajstić information content (AvgIpc) is 3.25. The van der Waals surface area contributed by atoms with E-state index in [9.17, 15) is 22.8 Å². The van der Waals surface area contributed by atoms with Gasteiger partial charge in [0.2, 0.25) is 5.91 Å². The third kappa shape index (κ3) is 3.08. The Morgan fingerprint density at radius 3 is 2.64 bits per heavy atom. The van der Waals surface area contributed by atoms with Crippen molar-refractivity contribution >= 4 is 28.4 Å². The van der Waals surface area contributed by atoms with E-state index < -0.39 is 29.6 Å². The van der Waals surface area contributed by atoms with Crippen LogP contribution in [0.3, 0.4) is 0 Å². The zero-order valence-corrected chi connectivity index (χ0v) is 14.5. The number of para-hydroxylation sites is 2. The van der Waals surface area contributed by atoms with Crippen molar-refractivity contribution in [3.63, 3.8) is 0 Å². The number of nitrogens with zero attached hydrogens (tertiary/aromatic N) is 2. The number of halogens is 3. The molecule has 0 bridgehead atoms. The lowest BCUT2D eigenvalue weighted by atomic mass is 10.1. The lowest BCUT2D eigenvalue weighted by Gasteiger charge is -2.21. The van der Waals surface area contributed by atoms with Crippen molar-refractivity contribution in [1.29, 1.82) is 0 Å². The van der Waals surface area contributed by atoms with Crippen molar-refractivity contribution in [2.45, 2.75) is 18.6 Å². The molecule has 2 N–H and O–H groups in total. The Balaban J connectivity index is 1.55. The van der Waals surface area contributed by atoms with E-state index in [4.69, 9.17) is 0 Å². The molecule has 28 heavy (non-hydrogen) atoms. The molecule has 4 rings (SSSR count). The van der Waals surface area contributed by atoms with Gasteiger partial charge in [0.15, 0.2) is 5.69 Å². The molecule has 0 aliphatic carbocycles. The first-order valence-corrected chi connectivity index (χ1v) is 8.58. The van der Waals surface area contributed by atoms with Gasteiger partial charge in [-0.3, -0.25) is 14.7 Å². The van der Waals surface area contributed by atoms with Gasteiger partial charge in [-0.05, 0) is 24.6 Å². The number of anilines is 1. The summed E-state index contributed by atoms with van der Waals surface area (Å²) in [5, 5.41) is 9.90. The molecule has 1 aliphatic heterocycles. The minimum atomic E-state index is -4.58. The second-order valence-corrected chi connectivity index (χ2v) is 6.44. The average molecular weight is 388 g/mol. The molecule has 6 nitrogen and oxygen atoms in total. The van der Waals surface area contributed by atoms with Crippen LogP contribution in [0.1, 0.15) is 22.5 Å². The number of fused-ring (bicyclic) bond motifs is 1. The van der Waals surface area contributed by atoms with E-state index in [1.54, 1.807) is 24.3 Å². The summed E-state index contributed by atoms with van der Waals surface area (Å²) < 4.78 is 39.8. The molecule has 1 saturated heterocycles. The van der Waals surface area contributed by atoms with Gasteiger partial charge in [0.05, 0.1) is 16.8 Å². The Bertz CT molecular complexity index is 1060. The van der Waals surface area contributed by atoms with E-state index in [-0.39, 0.29) is 24.3 Å². The number of amides is 2. The van der Waals surface area contributed by atoms with Crippen LogP contribution in [0.15, 0.2) is 48.5 Å². The first-order valence-electron chi connectivity index (χ1n) is 8.58. The quantitative estimate of drug-likeness (QED) is 0.724. The molecule has 2 aromatic carbocycles. The molecule has 0 saturated carbocycles. The minimum absolute atomic E-state index is 0.0815. The van der Waals surface area contributed by atoms with Crippen LogP contribution in [0, 0.1) is 0 Å². The maximum atomic E-state index is 13.3. The predicted octanol–water partition coefficient (Wildman–Crippen LogP) is 3.12. The van der Waals surface area contributed by atoms with Gasteiger partial charge in [0, 0.05) is 11.9 Å². The third-order valence-electron chi connectivity index (χ3n) is 4.70. The molecule has 9 heteroatoms. The summed E-state index contributed by atoms with van der Waals surface area (Å²) in [5.74, 6) is -1.13. The van der Waals surface area contributed by atoms with Crippen LogP contribution in [-0.4, -0.2) is 34.6 Å². The Kier molecular flexibility index (Phi) is 4.29. The SMILES string of the molecule is O=C(NC1CCN(c2ccccc2C(F)(F)F)C1=O)c1n[nH]c2ccccc12. The van der Waals surface area contributed by atoms with Crippen LogP contribution >= 0.6 is 0 Å². The predicted molar refractivity (Wildman–Crippen MR) is 95.8 cm³/mol. The van der Waals surface area contributed by atoms with Crippen LogP contribution in [0.5, 0.6) is 0 Å². The lowest BCUT2D eigenvalue weighted by molar-refractivity contribution is -0.137. The second kappa shape index (κ2) is 6.66. The van der Waals surface area contributed by atoms with Crippen molar-refractivity contribution < 1.29 is 22.8 Å². The highest BCUT2D eigenvalue weighted by atomic mass is 19.4. The maximum absolute atomic E-state index is 13.3. The highest BCUT2D eigenvalue weighted by Crippen LogP contribution is 2.37. The number of hydrogen-bond donors (Lipinski definition) is 2. The minimum Gasteiger partial charge on any atom is -0.339 e. The van der Waals surface area contributed by atoms with E-state index in [1.165, 1.54) is 18.2 Å². The molecular weight excluding hydrogens is 373 g/mol. The summed E-state index contributed by atoms with van der Waals surface area (Å²) >= 11 is 0. The van der Waals surface area contributed by atoms with Crippen LogP contribution in [-0.2, 0) is 11.0 Å². The molecule has 144 valence electrons. The number of benzene rings is 2. The fraction of sp³-hybridized carbons (Fsp3) is 0.211. The van der Waals surface area contributed by atoms with Gasteiger partial charge in [-0.25, -0.2) is 0 Å². The van der Waals surface area contributed by atoms with Crippen molar-refractivity contribution in [3.8, 4) is 0 Å². The Hall–Kier alpha value is -3.36. The number of carbonyl (C=O) groups excluding carboxylic acids is 2. The first kappa shape index (κ1) is 18.0. The number of nitrogens with one attached hydrogen (secondary N) is 2. The fourth-order valence-corrected chi connectivity index (χ4v) is 3.36. The molecule has 0 radical (unpaired) electrons. The van der Waals surface area contributed by atoms with Crippen LogP contribution in [0.2, 0.25) is 0 Å². The number of carbonyl (C=O) groups is 2. The van der Waals surface area contributed by atoms with Crippen LogP contribution in [0.4, 0.5) is 18.9 Å². The van der Waals surface area contributed by atoms with E-state index in [2.05, 4.69) is 15.5 Å². The Morgan fingerprint density at radius 2 is 1.86 bits per heavy atom. The number of aromatic amines is 1. The number of hydrogen-bond acceptors (Lipinski definition) is 3. The molecule has 1 aliphatic rings.